The molecule has 39 heavy (non-hydrogen) atoms. The molecule has 0 spiro atoms. The third-order valence-electron chi connectivity index (χ3n) is 8.27. The molecule has 4 atom stereocenters. The van der Waals surface area contributed by atoms with E-state index in [0.29, 0.717) is 35.4 Å². The van der Waals surface area contributed by atoms with Crippen molar-refractivity contribution >= 4 is 17.6 Å². The fourth-order valence-electron chi connectivity index (χ4n) is 6.13. The van der Waals surface area contributed by atoms with Gasteiger partial charge in [0.05, 0.1) is 17.3 Å². The summed E-state index contributed by atoms with van der Waals surface area (Å²) >= 11 is 0. The number of piperidine rings is 1. The van der Waals surface area contributed by atoms with E-state index in [2.05, 4.69) is 10.6 Å². The van der Waals surface area contributed by atoms with Gasteiger partial charge < -0.3 is 15.4 Å². The van der Waals surface area contributed by atoms with Crippen LogP contribution in [0.5, 0.6) is 0 Å². The van der Waals surface area contributed by atoms with E-state index in [9.17, 15) is 22.8 Å². The number of fused-ring (bicyclic) bond motifs is 2. The van der Waals surface area contributed by atoms with Gasteiger partial charge in [0.15, 0.2) is 5.65 Å². The first-order valence-electron chi connectivity index (χ1n) is 13.4. The zero-order chi connectivity index (χ0) is 27.1. The second kappa shape index (κ2) is 10.2. The highest BCUT2D eigenvalue weighted by Gasteiger charge is 2.48. The molecule has 206 valence electrons. The number of alkyl halides is 3. The predicted molar refractivity (Wildman–Crippen MR) is 134 cm³/mol. The smallest absolute Gasteiger partial charge is 0.407 e. The number of rotatable bonds is 7. The third kappa shape index (κ3) is 5.58. The van der Waals surface area contributed by atoms with Gasteiger partial charge in [0, 0.05) is 31.3 Å². The zero-order valence-corrected chi connectivity index (χ0v) is 21.3. The lowest BCUT2D eigenvalue weighted by Gasteiger charge is -2.30. The lowest BCUT2D eigenvalue weighted by Crippen LogP contribution is -2.47. The minimum absolute atomic E-state index is 0.0151. The van der Waals surface area contributed by atoms with E-state index < -0.39 is 24.1 Å². The molecule has 8 nitrogen and oxygen atoms in total. The van der Waals surface area contributed by atoms with Crippen LogP contribution < -0.4 is 10.6 Å². The van der Waals surface area contributed by atoms with Crippen molar-refractivity contribution in [1.29, 1.82) is 0 Å². The van der Waals surface area contributed by atoms with Crippen molar-refractivity contribution in [3.8, 4) is 0 Å². The molecule has 0 radical (unpaired) electrons. The van der Waals surface area contributed by atoms with E-state index >= 15 is 0 Å². The molecular weight excluding hydrogens is 511 g/mol. The van der Waals surface area contributed by atoms with Crippen molar-refractivity contribution in [2.75, 3.05) is 6.54 Å². The Hall–Kier alpha value is -3.63. The van der Waals surface area contributed by atoms with Gasteiger partial charge in [-0.2, -0.15) is 18.3 Å². The van der Waals surface area contributed by atoms with Crippen LogP contribution in [0.1, 0.15) is 54.2 Å². The number of hydrogen-bond acceptors (Lipinski definition) is 5. The summed E-state index contributed by atoms with van der Waals surface area (Å²) in [4.78, 5) is 29.5. The Balaban J connectivity index is 1.20. The maximum Gasteiger partial charge on any atom is 0.407 e. The van der Waals surface area contributed by atoms with Crippen LogP contribution in [0.2, 0.25) is 0 Å². The Kier molecular flexibility index (Phi) is 6.68. The van der Waals surface area contributed by atoms with Gasteiger partial charge in [-0.15, -0.1) is 0 Å². The van der Waals surface area contributed by atoms with Gasteiger partial charge in [-0.25, -0.2) is 14.3 Å². The first-order chi connectivity index (χ1) is 18.7. The molecule has 2 aromatic heterocycles. The lowest BCUT2D eigenvalue weighted by molar-refractivity contribution is -0.183. The van der Waals surface area contributed by atoms with E-state index in [4.69, 9.17) is 14.8 Å². The minimum atomic E-state index is -4.35. The summed E-state index contributed by atoms with van der Waals surface area (Å²) in [7, 11) is 0. The summed E-state index contributed by atoms with van der Waals surface area (Å²) in [5.41, 5.74) is 3.58. The van der Waals surface area contributed by atoms with Crippen LogP contribution in [-0.4, -0.2) is 39.3 Å². The molecule has 3 aliphatic rings. The van der Waals surface area contributed by atoms with Crippen LogP contribution in [0.25, 0.3) is 5.65 Å². The summed E-state index contributed by atoms with van der Waals surface area (Å²) in [5.74, 6) is -1.15. The Morgan fingerprint density at radius 1 is 1.08 bits per heavy atom. The molecule has 0 unspecified atom stereocenters. The molecule has 6 rings (SSSR count). The zero-order valence-electron chi connectivity index (χ0n) is 21.3. The van der Waals surface area contributed by atoms with Gasteiger partial charge in [0.1, 0.15) is 12.3 Å². The first-order valence-corrected chi connectivity index (χ1v) is 13.4. The van der Waals surface area contributed by atoms with Crippen molar-refractivity contribution in [2.24, 2.45) is 23.7 Å². The Bertz CT molecular complexity index is 1370. The molecule has 11 heteroatoms. The second-order valence-electron chi connectivity index (χ2n) is 11.0. The van der Waals surface area contributed by atoms with Gasteiger partial charge >= 0.3 is 12.3 Å². The standard InChI is InChI=1S/C28H30F3N5O3/c29-28(30,31)21-11-20(26(37)32-14-21)12-22-6-7-24-34-23(15-39-27(38)33-13-16-4-2-1-3-5-16)25(36(24)35-22)19-9-17-8-18(17)10-19/h1-7,17-21H,8-15H2,(H,32,37)(H,33,38)/t17-,18-,20-,21-/m1/s1. The van der Waals surface area contributed by atoms with E-state index in [1.54, 1.807) is 16.6 Å². The van der Waals surface area contributed by atoms with E-state index in [-0.39, 0.29) is 37.8 Å². The normalized spacial score (nSPS) is 24.8. The van der Waals surface area contributed by atoms with Gasteiger partial charge in [0.25, 0.3) is 0 Å². The summed E-state index contributed by atoms with van der Waals surface area (Å²) < 4.78 is 47.1. The maximum atomic E-state index is 13.3. The number of halogens is 3. The highest BCUT2D eigenvalue weighted by Crippen LogP contribution is 2.57. The molecule has 2 amide bonds. The molecule has 1 aliphatic heterocycles. The number of benzene rings is 1. The van der Waals surface area contributed by atoms with Crippen LogP contribution in [0, 0.1) is 23.7 Å². The largest absolute Gasteiger partial charge is 0.443 e. The van der Waals surface area contributed by atoms with Gasteiger partial charge in [-0.3, -0.25) is 4.79 Å². The van der Waals surface area contributed by atoms with Crippen LogP contribution in [0.15, 0.2) is 42.5 Å². The van der Waals surface area contributed by atoms with Crippen LogP contribution >= 0.6 is 0 Å². The van der Waals surface area contributed by atoms with Crippen molar-refractivity contribution in [3.63, 3.8) is 0 Å². The summed E-state index contributed by atoms with van der Waals surface area (Å²) in [6.07, 6.45) is -1.80. The summed E-state index contributed by atoms with van der Waals surface area (Å²) in [6, 6.07) is 13.0. The number of nitrogens with one attached hydrogen (secondary N) is 2. The second-order valence-corrected chi connectivity index (χ2v) is 11.0. The number of hydrogen-bond donors (Lipinski definition) is 2. The number of alkyl carbamates (subject to hydrolysis) is 1. The SMILES string of the molecule is O=C(NCc1ccccc1)OCc1nc2ccc(C[C@H]3C[C@@H](C(F)(F)F)CNC3=O)nn2c1C1C[C@H]2C[C@@H]2C1. The molecule has 0 bridgehead atoms. The van der Waals surface area contributed by atoms with Gasteiger partial charge in [0.2, 0.25) is 5.91 Å². The molecule has 1 aromatic carbocycles. The predicted octanol–water partition coefficient (Wildman–Crippen LogP) is 4.53. The van der Waals surface area contributed by atoms with E-state index in [0.717, 1.165) is 24.1 Å². The Labute approximate surface area is 223 Å². The Morgan fingerprint density at radius 2 is 1.85 bits per heavy atom. The van der Waals surface area contributed by atoms with Crippen LogP contribution in [-0.2, 0) is 29.1 Å². The molecular formula is C28H30F3N5O3. The number of carbonyl (C=O) groups excluding carboxylic acids is 2. The number of amides is 2. The molecule has 2 aliphatic carbocycles. The van der Waals surface area contributed by atoms with Crippen molar-refractivity contribution < 1.29 is 27.5 Å². The number of carbonyl (C=O) groups is 2. The minimum Gasteiger partial charge on any atom is -0.443 e. The first kappa shape index (κ1) is 25.6. The van der Waals surface area contributed by atoms with Crippen molar-refractivity contribution in [3.05, 3.63) is 65.1 Å². The number of aromatic nitrogens is 3. The molecule has 2 N–H and O–H groups in total. The van der Waals surface area contributed by atoms with Crippen LogP contribution in [0.4, 0.5) is 18.0 Å². The van der Waals surface area contributed by atoms with Gasteiger partial charge in [-0.05, 0) is 55.2 Å². The third-order valence-corrected chi connectivity index (χ3v) is 8.27. The van der Waals surface area contributed by atoms with Crippen molar-refractivity contribution in [2.45, 2.75) is 57.3 Å². The average Bonchev–Trinajstić information content (AvgIpc) is 3.35. The molecule has 3 fully saturated rings. The molecule has 3 aromatic rings. The monoisotopic (exact) mass is 541 g/mol. The maximum absolute atomic E-state index is 13.3. The highest BCUT2D eigenvalue weighted by atomic mass is 19.4. The summed E-state index contributed by atoms with van der Waals surface area (Å²) in [6.45, 7) is -0.0550. The average molecular weight is 542 g/mol. The quantitative estimate of drug-likeness (QED) is 0.458. The molecule has 3 heterocycles. The lowest BCUT2D eigenvalue weighted by atomic mass is 9.86. The topological polar surface area (TPSA) is 97.6 Å². The van der Waals surface area contributed by atoms with Crippen molar-refractivity contribution in [1.82, 2.24) is 25.2 Å². The number of imidazole rings is 1. The number of nitrogens with zero attached hydrogens (tertiary/aromatic N) is 3. The van der Waals surface area contributed by atoms with E-state index in [1.807, 2.05) is 30.3 Å². The molecule has 2 saturated carbocycles. The Morgan fingerprint density at radius 3 is 2.59 bits per heavy atom. The number of ether oxygens (including phenoxy) is 1. The highest BCUT2D eigenvalue weighted by molar-refractivity contribution is 5.79. The molecule has 1 saturated heterocycles. The fourth-order valence-corrected chi connectivity index (χ4v) is 6.13. The van der Waals surface area contributed by atoms with Gasteiger partial charge in [-0.1, -0.05) is 30.3 Å². The fraction of sp³-hybridized carbons (Fsp3) is 0.500. The van der Waals surface area contributed by atoms with E-state index in [1.165, 1.54) is 6.42 Å². The summed E-state index contributed by atoms with van der Waals surface area (Å²) in [5, 5.41) is 9.89. The van der Waals surface area contributed by atoms with Crippen LogP contribution in [0.3, 0.4) is 0 Å².